The average molecular weight is 481 g/mol. The normalized spacial score (nSPS) is 14.0. The Kier molecular flexibility index (Phi) is 6.87. The molecule has 0 radical (unpaired) electrons. The molecule has 10 heteroatoms. The second kappa shape index (κ2) is 10.4. The van der Waals surface area contributed by atoms with E-state index in [2.05, 4.69) is 41.9 Å². The third-order valence-corrected chi connectivity index (χ3v) is 6.60. The highest BCUT2D eigenvalue weighted by molar-refractivity contribution is 7.99. The highest BCUT2D eigenvalue weighted by atomic mass is 32.2. The molecule has 5 rings (SSSR count). The first-order valence-electron chi connectivity index (χ1n) is 11.2. The molecule has 2 aromatic carbocycles. The minimum Gasteiger partial charge on any atom is -0.378 e. The Labute approximate surface area is 201 Å². The molecule has 0 amide bonds. The minimum atomic E-state index is -0.278. The summed E-state index contributed by atoms with van der Waals surface area (Å²) in [5.41, 5.74) is 2.23. The standard InChI is InChI=1S/C24H25FN6O2S/c1-17-9-10-18(16-20(17)25)22-26-21(33-29-22)8-5-15-34-24-28-27-23(30-11-13-32-14-12-30)31(24)19-6-3-2-4-7-19/h2-4,6-7,9-10,16H,5,8,11-15H2,1H3. The minimum absolute atomic E-state index is 0.278. The maximum atomic E-state index is 13.8. The summed E-state index contributed by atoms with van der Waals surface area (Å²) in [7, 11) is 0. The van der Waals surface area contributed by atoms with E-state index in [1.54, 1.807) is 30.8 Å². The molecule has 0 bridgehead atoms. The fourth-order valence-corrected chi connectivity index (χ4v) is 4.61. The Hall–Kier alpha value is -3.24. The predicted molar refractivity (Wildman–Crippen MR) is 128 cm³/mol. The molecule has 3 heterocycles. The first-order chi connectivity index (χ1) is 16.7. The zero-order valence-corrected chi connectivity index (χ0v) is 19.7. The van der Waals surface area contributed by atoms with Crippen molar-refractivity contribution in [2.24, 2.45) is 0 Å². The monoisotopic (exact) mass is 480 g/mol. The maximum absolute atomic E-state index is 13.8. The number of hydrogen-bond acceptors (Lipinski definition) is 8. The molecule has 0 saturated carbocycles. The Bertz CT molecular complexity index is 1240. The average Bonchev–Trinajstić information content (AvgIpc) is 3.52. The van der Waals surface area contributed by atoms with Crippen molar-refractivity contribution in [3.63, 3.8) is 0 Å². The van der Waals surface area contributed by atoms with Gasteiger partial charge in [0.25, 0.3) is 0 Å². The number of hydrogen-bond donors (Lipinski definition) is 0. The summed E-state index contributed by atoms with van der Waals surface area (Å²) in [5.74, 6) is 2.31. The van der Waals surface area contributed by atoms with E-state index < -0.39 is 0 Å². The Morgan fingerprint density at radius 3 is 2.68 bits per heavy atom. The van der Waals surface area contributed by atoms with E-state index in [1.807, 2.05) is 18.2 Å². The summed E-state index contributed by atoms with van der Waals surface area (Å²) >= 11 is 1.64. The van der Waals surface area contributed by atoms with E-state index in [9.17, 15) is 4.39 Å². The Morgan fingerprint density at radius 1 is 1.06 bits per heavy atom. The molecule has 0 unspecified atom stereocenters. The van der Waals surface area contributed by atoms with Gasteiger partial charge < -0.3 is 14.2 Å². The van der Waals surface area contributed by atoms with Crippen LogP contribution in [0.4, 0.5) is 10.3 Å². The largest absolute Gasteiger partial charge is 0.378 e. The lowest BCUT2D eigenvalue weighted by molar-refractivity contribution is 0.122. The quantitative estimate of drug-likeness (QED) is 0.272. The number of benzene rings is 2. The third kappa shape index (κ3) is 4.97. The number of thioether (sulfide) groups is 1. The van der Waals surface area contributed by atoms with E-state index in [4.69, 9.17) is 9.26 Å². The van der Waals surface area contributed by atoms with Crippen molar-refractivity contribution in [2.45, 2.75) is 24.9 Å². The van der Waals surface area contributed by atoms with Gasteiger partial charge in [-0.3, -0.25) is 4.57 Å². The summed E-state index contributed by atoms with van der Waals surface area (Å²) < 4.78 is 26.8. The molecule has 34 heavy (non-hydrogen) atoms. The molecule has 4 aromatic rings. The lowest BCUT2D eigenvalue weighted by atomic mass is 10.1. The summed E-state index contributed by atoms with van der Waals surface area (Å²) in [5, 5.41) is 13.8. The van der Waals surface area contributed by atoms with Crippen molar-refractivity contribution in [3.8, 4) is 17.1 Å². The fourth-order valence-electron chi connectivity index (χ4n) is 3.72. The van der Waals surface area contributed by atoms with Crippen molar-refractivity contribution in [2.75, 3.05) is 37.0 Å². The molecule has 1 fully saturated rings. The Balaban J connectivity index is 1.24. The topological polar surface area (TPSA) is 82.1 Å². The first-order valence-corrected chi connectivity index (χ1v) is 12.2. The SMILES string of the molecule is Cc1ccc(-c2noc(CCCSc3nnc(N4CCOCC4)n3-c3ccccc3)n2)cc1F. The molecular weight excluding hydrogens is 455 g/mol. The highest BCUT2D eigenvalue weighted by Gasteiger charge is 2.21. The van der Waals surface area contributed by atoms with Crippen LogP contribution in [0.25, 0.3) is 17.1 Å². The van der Waals surface area contributed by atoms with E-state index in [1.165, 1.54) is 6.07 Å². The second-order valence-electron chi connectivity index (χ2n) is 7.98. The van der Waals surface area contributed by atoms with E-state index in [-0.39, 0.29) is 5.82 Å². The van der Waals surface area contributed by atoms with Gasteiger partial charge in [-0.2, -0.15) is 4.98 Å². The van der Waals surface area contributed by atoms with E-state index in [0.29, 0.717) is 42.5 Å². The molecule has 0 atom stereocenters. The zero-order valence-electron chi connectivity index (χ0n) is 18.9. The second-order valence-corrected chi connectivity index (χ2v) is 9.04. The van der Waals surface area contributed by atoms with Crippen molar-refractivity contribution in [1.82, 2.24) is 24.9 Å². The van der Waals surface area contributed by atoms with Gasteiger partial charge >= 0.3 is 0 Å². The number of aromatic nitrogens is 5. The lowest BCUT2D eigenvalue weighted by Crippen LogP contribution is -2.37. The number of aryl methyl sites for hydroxylation is 2. The highest BCUT2D eigenvalue weighted by Crippen LogP contribution is 2.28. The smallest absolute Gasteiger partial charge is 0.232 e. The number of rotatable bonds is 8. The summed E-state index contributed by atoms with van der Waals surface area (Å²) in [4.78, 5) is 6.63. The molecule has 1 aliphatic rings. The van der Waals surface area contributed by atoms with Gasteiger partial charge in [-0.15, -0.1) is 10.2 Å². The molecule has 1 aliphatic heterocycles. The third-order valence-electron chi connectivity index (χ3n) is 5.59. The maximum Gasteiger partial charge on any atom is 0.232 e. The van der Waals surface area contributed by atoms with Crippen LogP contribution in [0, 0.1) is 12.7 Å². The van der Waals surface area contributed by atoms with Crippen molar-refractivity contribution < 1.29 is 13.7 Å². The van der Waals surface area contributed by atoms with Crippen molar-refractivity contribution >= 4 is 17.7 Å². The fraction of sp³-hybridized carbons (Fsp3) is 0.333. The number of nitrogens with zero attached hydrogens (tertiary/aromatic N) is 6. The molecule has 0 spiro atoms. The number of anilines is 1. The lowest BCUT2D eigenvalue weighted by Gasteiger charge is -2.27. The van der Waals surface area contributed by atoms with Crippen molar-refractivity contribution in [3.05, 3.63) is 65.8 Å². The molecule has 0 aliphatic carbocycles. The van der Waals surface area contributed by atoms with Crippen LogP contribution < -0.4 is 4.90 Å². The number of ether oxygens (including phenoxy) is 1. The molecule has 0 N–H and O–H groups in total. The van der Waals surface area contributed by atoms with Crippen molar-refractivity contribution in [1.29, 1.82) is 0 Å². The van der Waals surface area contributed by atoms with Crippen LogP contribution in [0.2, 0.25) is 0 Å². The predicted octanol–water partition coefficient (Wildman–Crippen LogP) is 4.33. The molecular formula is C24H25FN6O2S. The van der Waals surface area contributed by atoms with Crippen LogP contribution in [0.3, 0.4) is 0 Å². The van der Waals surface area contributed by atoms with Gasteiger partial charge in [-0.25, -0.2) is 4.39 Å². The van der Waals surface area contributed by atoms with Crippen LogP contribution in [0.5, 0.6) is 0 Å². The number of halogens is 1. The van der Waals surface area contributed by atoms with E-state index in [0.717, 1.165) is 42.1 Å². The zero-order chi connectivity index (χ0) is 23.3. The summed E-state index contributed by atoms with van der Waals surface area (Å²) in [6, 6.07) is 15.1. The van der Waals surface area contributed by atoms with Crippen LogP contribution in [-0.4, -0.2) is 57.0 Å². The van der Waals surface area contributed by atoms with Crippen LogP contribution in [0.15, 0.2) is 58.2 Å². The summed E-state index contributed by atoms with van der Waals surface area (Å²) in [6.45, 7) is 4.68. The van der Waals surface area contributed by atoms with Crippen LogP contribution in [-0.2, 0) is 11.2 Å². The van der Waals surface area contributed by atoms with Gasteiger partial charge in [-0.1, -0.05) is 47.3 Å². The van der Waals surface area contributed by atoms with Gasteiger partial charge in [-0.05, 0) is 37.1 Å². The summed E-state index contributed by atoms with van der Waals surface area (Å²) in [6.07, 6.45) is 1.45. The number of para-hydroxylation sites is 1. The van der Waals surface area contributed by atoms with Crippen LogP contribution in [0.1, 0.15) is 17.9 Å². The van der Waals surface area contributed by atoms with Crippen LogP contribution >= 0.6 is 11.8 Å². The first kappa shape index (κ1) is 22.5. The number of morpholine rings is 1. The Morgan fingerprint density at radius 2 is 1.88 bits per heavy atom. The van der Waals surface area contributed by atoms with Gasteiger partial charge in [0.05, 0.1) is 18.9 Å². The molecule has 2 aromatic heterocycles. The van der Waals surface area contributed by atoms with Gasteiger partial charge in [0.2, 0.25) is 17.7 Å². The van der Waals surface area contributed by atoms with Gasteiger partial charge in [0.15, 0.2) is 5.16 Å². The van der Waals surface area contributed by atoms with E-state index >= 15 is 0 Å². The van der Waals surface area contributed by atoms with Gasteiger partial charge in [0, 0.05) is 30.8 Å². The molecule has 8 nitrogen and oxygen atoms in total. The molecule has 1 saturated heterocycles. The molecule has 176 valence electrons. The van der Waals surface area contributed by atoms with Gasteiger partial charge in [0.1, 0.15) is 5.82 Å².